The number of nitrogens with zero attached hydrogens (tertiary/aromatic N) is 1. The van der Waals surface area contributed by atoms with Gasteiger partial charge in [-0.05, 0) is 49.9 Å². The van der Waals surface area contributed by atoms with Crippen LogP contribution in [0.3, 0.4) is 0 Å². The summed E-state index contributed by atoms with van der Waals surface area (Å²) >= 11 is 0. The summed E-state index contributed by atoms with van der Waals surface area (Å²) in [4.78, 5) is 24.9. The fraction of sp³-hybridized carbons (Fsp3) is 0.391. The average Bonchev–Trinajstić information content (AvgIpc) is 2.79. The van der Waals surface area contributed by atoms with Gasteiger partial charge in [0.1, 0.15) is 5.75 Å². The van der Waals surface area contributed by atoms with Gasteiger partial charge in [0, 0.05) is 24.8 Å². The minimum atomic E-state index is -3.84. The third-order valence-electron chi connectivity index (χ3n) is 5.88. The lowest BCUT2D eigenvalue weighted by Crippen LogP contribution is -2.44. The first-order valence-corrected chi connectivity index (χ1v) is 12.2. The van der Waals surface area contributed by atoms with Crippen LogP contribution in [0.1, 0.15) is 31.7 Å². The van der Waals surface area contributed by atoms with E-state index in [4.69, 9.17) is 4.74 Å². The number of anilines is 2. The van der Waals surface area contributed by atoms with Crippen molar-refractivity contribution in [3.05, 3.63) is 48.0 Å². The lowest BCUT2D eigenvalue weighted by atomic mass is 9.99. The highest BCUT2D eigenvalue weighted by Crippen LogP contribution is 2.36. The molecule has 1 fully saturated rings. The van der Waals surface area contributed by atoms with Crippen molar-refractivity contribution in [2.45, 2.75) is 44.1 Å². The molecule has 8 nitrogen and oxygen atoms in total. The van der Waals surface area contributed by atoms with E-state index in [0.717, 1.165) is 0 Å². The number of para-hydroxylation sites is 1. The smallest absolute Gasteiger partial charge is 0.265 e. The van der Waals surface area contributed by atoms with Crippen LogP contribution in [0.15, 0.2) is 47.4 Å². The van der Waals surface area contributed by atoms with E-state index in [2.05, 4.69) is 10.6 Å². The summed E-state index contributed by atoms with van der Waals surface area (Å²) in [6, 6.07) is 12.2. The summed E-state index contributed by atoms with van der Waals surface area (Å²) in [7, 11) is -3.84. The third-order valence-corrected chi connectivity index (χ3v) is 7.89. The first-order valence-electron chi connectivity index (χ1n) is 10.8. The van der Waals surface area contributed by atoms with E-state index in [1.807, 2.05) is 25.1 Å². The second-order valence-electron chi connectivity index (χ2n) is 8.18. The van der Waals surface area contributed by atoms with Gasteiger partial charge in [0.25, 0.3) is 5.91 Å². The molecule has 1 saturated heterocycles. The van der Waals surface area contributed by atoms with Crippen molar-refractivity contribution in [3.8, 4) is 5.75 Å². The molecule has 2 N–H and O–H groups in total. The minimum absolute atomic E-state index is 0.118. The summed E-state index contributed by atoms with van der Waals surface area (Å²) in [5, 5.41) is 5.65. The van der Waals surface area contributed by atoms with Gasteiger partial charge in [-0.1, -0.05) is 25.1 Å². The predicted octanol–water partition coefficient (Wildman–Crippen LogP) is 3.14. The van der Waals surface area contributed by atoms with Crippen LogP contribution in [0.4, 0.5) is 11.4 Å². The Morgan fingerprint density at radius 1 is 1.25 bits per heavy atom. The molecular weight excluding hydrogens is 430 g/mol. The molecule has 2 unspecified atom stereocenters. The Morgan fingerprint density at radius 2 is 2.00 bits per heavy atom. The normalized spacial score (nSPS) is 21.2. The number of nitrogens with one attached hydrogen (secondary N) is 2. The quantitative estimate of drug-likeness (QED) is 0.718. The predicted molar refractivity (Wildman–Crippen MR) is 121 cm³/mol. The maximum atomic E-state index is 13.5. The lowest BCUT2D eigenvalue weighted by Gasteiger charge is -2.32. The Balaban J connectivity index is 1.55. The molecule has 2 heterocycles. The monoisotopic (exact) mass is 457 g/mol. The molecule has 2 aromatic rings. The van der Waals surface area contributed by atoms with Gasteiger partial charge in [-0.15, -0.1) is 0 Å². The summed E-state index contributed by atoms with van der Waals surface area (Å²) in [6.45, 7) is 3.99. The Labute approximate surface area is 188 Å². The van der Waals surface area contributed by atoms with Crippen molar-refractivity contribution in [2.75, 3.05) is 23.7 Å². The van der Waals surface area contributed by atoms with Gasteiger partial charge in [0.05, 0.1) is 16.5 Å². The maximum Gasteiger partial charge on any atom is 0.265 e. The highest BCUT2D eigenvalue weighted by molar-refractivity contribution is 7.89. The highest BCUT2D eigenvalue weighted by Gasteiger charge is 2.36. The zero-order chi connectivity index (χ0) is 22.9. The first-order chi connectivity index (χ1) is 15.3. The number of amides is 2. The number of sulfonamides is 1. The fourth-order valence-electron chi connectivity index (χ4n) is 4.11. The number of fused-ring (bicyclic) bond motifs is 1. The van der Waals surface area contributed by atoms with E-state index in [1.165, 1.54) is 10.4 Å². The number of aryl methyl sites for hydroxylation is 1. The number of benzene rings is 2. The van der Waals surface area contributed by atoms with E-state index in [1.54, 1.807) is 25.1 Å². The summed E-state index contributed by atoms with van der Waals surface area (Å²) in [6.07, 6.45) is 1.05. The van der Waals surface area contributed by atoms with Crippen molar-refractivity contribution in [1.29, 1.82) is 0 Å². The van der Waals surface area contributed by atoms with Gasteiger partial charge in [-0.3, -0.25) is 9.59 Å². The zero-order valence-corrected chi connectivity index (χ0v) is 18.9. The van der Waals surface area contributed by atoms with Gasteiger partial charge < -0.3 is 15.4 Å². The van der Waals surface area contributed by atoms with Crippen molar-refractivity contribution in [3.63, 3.8) is 0 Å². The number of piperidine rings is 1. The lowest BCUT2D eigenvalue weighted by molar-refractivity contribution is -0.123. The van der Waals surface area contributed by atoms with Crippen LogP contribution in [0.25, 0.3) is 0 Å². The Hall–Kier alpha value is -2.91. The van der Waals surface area contributed by atoms with Gasteiger partial charge in [-0.2, -0.15) is 4.31 Å². The molecule has 0 aliphatic carbocycles. The summed E-state index contributed by atoms with van der Waals surface area (Å²) in [5.41, 5.74) is 1.67. The Morgan fingerprint density at radius 3 is 2.72 bits per heavy atom. The van der Waals surface area contributed by atoms with Crippen molar-refractivity contribution in [1.82, 2.24) is 4.31 Å². The van der Waals surface area contributed by atoms with Crippen LogP contribution < -0.4 is 15.4 Å². The topological polar surface area (TPSA) is 105 Å². The Kier molecular flexibility index (Phi) is 6.21. The maximum absolute atomic E-state index is 13.5. The summed E-state index contributed by atoms with van der Waals surface area (Å²) < 4.78 is 34.1. The summed E-state index contributed by atoms with van der Waals surface area (Å²) in [5.74, 6) is -0.513. The second-order valence-corrected chi connectivity index (χ2v) is 10.1. The van der Waals surface area contributed by atoms with Gasteiger partial charge in [0.15, 0.2) is 6.10 Å². The average molecular weight is 458 g/mol. The van der Waals surface area contributed by atoms with Crippen LogP contribution in [-0.2, 0) is 19.6 Å². The molecule has 0 aromatic heterocycles. The number of rotatable bonds is 5. The molecule has 0 saturated carbocycles. The molecule has 0 spiro atoms. The SMILES string of the molecule is CCC1Oc2cc(S(=O)(=O)N3CCCC(C(=O)Nc4ccccc4)C3)c(C)cc2NC1=O. The van der Waals surface area contributed by atoms with Crippen LogP contribution in [0.5, 0.6) is 5.75 Å². The molecule has 2 amide bonds. The zero-order valence-electron chi connectivity index (χ0n) is 18.1. The van der Waals surface area contributed by atoms with Crippen LogP contribution in [0.2, 0.25) is 0 Å². The van der Waals surface area contributed by atoms with Crippen LogP contribution >= 0.6 is 0 Å². The molecule has 170 valence electrons. The fourth-order valence-corrected chi connectivity index (χ4v) is 5.86. The van der Waals surface area contributed by atoms with E-state index < -0.39 is 22.0 Å². The third kappa shape index (κ3) is 4.35. The first kappa shape index (κ1) is 22.3. The Bertz CT molecular complexity index is 1130. The van der Waals surface area contributed by atoms with Gasteiger partial charge in [0.2, 0.25) is 15.9 Å². The van der Waals surface area contributed by atoms with E-state index in [9.17, 15) is 18.0 Å². The number of carbonyl (C=O) groups is 2. The van der Waals surface area contributed by atoms with Crippen LogP contribution in [-0.4, -0.2) is 43.7 Å². The van der Waals surface area contributed by atoms with E-state index >= 15 is 0 Å². The molecule has 0 bridgehead atoms. The van der Waals surface area contributed by atoms with Crippen molar-refractivity contribution < 1.29 is 22.7 Å². The largest absolute Gasteiger partial charge is 0.478 e. The molecule has 4 rings (SSSR count). The standard InChI is InChI=1S/C23H27N3O5S/c1-3-19-23(28)25-18-12-15(2)21(13-20(18)31-19)32(29,30)26-11-7-8-16(14-26)22(27)24-17-9-5-4-6-10-17/h4-6,9-10,12-13,16,19H,3,7-8,11,14H2,1-2H3,(H,24,27)(H,25,28). The van der Waals surface area contributed by atoms with Gasteiger partial charge >= 0.3 is 0 Å². The van der Waals surface area contributed by atoms with Crippen molar-refractivity contribution in [2.24, 2.45) is 5.92 Å². The molecule has 2 aliphatic rings. The van der Waals surface area contributed by atoms with E-state index in [-0.39, 0.29) is 23.3 Å². The number of ether oxygens (including phenoxy) is 1. The number of hydrogen-bond donors (Lipinski definition) is 2. The van der Waals surface area contributed by atoms with Crippen LogP contribution in [0, 0.1) is 12.8 Å². The molecule has 2 aliphatic heterocycles. The number of carbonyl (C=O) groups excluding carboxylic acids is 2. The molecule has 9 heteroatoms. The second kappa shape index (κ2) is 8.91. The number of hydrogen-bond acceptors (Lipinski definition) is 5. The highest BCUT2D eigenvalue weighted by atomic mass is 32.2. The molecule has 32 heavy (non-hydrogen) atoms. The molecule has 2 atom stereocenters. The molecular formula is C23H27N3O5S. The minimum Gasteiger partial charge on any atom is -0.478 e. The molecule has 0 radical (unpaired) electrons. The van der Waals surface area contributed by atoms with Crippen molar-refractivity contribution >= 4 is 33.2 Å². The van der Waals surface area contributed by atoms with E-state index in [0.29, 0.717) is 48.5 Å². The van der Waals surface area contributed by atoms with Gasteiger partial charge in [-0.25, -0.2) is 8.42 Å². The molecule has 2 aromatic carbocycles.